The molecule has 0 aliphatic carbocycles. The van der Waals surface area contributed by atoms with Crippen molar-refractivity contribution in [3.05, 3.63) is 52.8 Å². The Hall–Kier alpha value is -1.55. The number of para-hydroxylation sites is 1. The smallest absolute Gasteiger partial charge is 0.274 e. The molecular weight excluding hydrogens is 328 g/mol. The number of aromatic nitrogens is 1. The highest BCUT2D eigenvalue weighted by atomic mass is 79.9. The molecule has 1 heterocycles. The van der Waals surface area contributed by atoms with E-state index in [1.807, 2.05) is 59.0 Å². The third kappa shape index (κ3) is 3.76. The number of amides is 1. The van der Waals surface area contributed by atoms with Crippen molar-refractivity contribution in [1.82, 2.24) is 4.57 Å². The number of nitrogens with zero attached hydrogens (tertiary/aromatic N) is 2. The van der Waals surface area contributed by atoms with E-state index < -0.39 is 0 Å². The number of hydrogen-bond acceptors (Lipinski definition) is 1. The van der Waals surface area contributed by atoms with Crippen LogP contribution in [-0.4, -0.2) is 17.0 Å². The van der Waals surface area contributed by atoms with Gasteiger partial charge in [0, 0.05) is 29.4 Å². The molecule has 0 saturated heterocycles. The molecule has 1 aromatic carbocycles. The van der Waals surface area contributed by atoms with Gasteiger partial charge in [-0.3, -0.25) is 4.79 Å². The average Bonchev–Trinajstić information content (AvgIpc) is 2.89. The van der Waals surface area contributed by atoms with Gasteiger partial charge in [-0.2, -0.15) is 0 Å². The van der Waals surface area contributed by atoms with Crippen molar-refractivity contribution < 1.29 is 4.79 Å². The van der Waals surface area contributed by atoms with Crippen LogP contribution in [0.1, 0.15) is 37.2 Å². The van der Waals surface area contributed by atoms with Crippen molar-refractivity contribution in [2.75, 3.05) is 11.4 Å². The molecule has 0 atom stereocenters. The predicted octanol–water partition coefficient (Wildman–Crippen LogP) is 4.72. The number of anilines is 1. The summed E-state index contributed by atoms with van der Waals surface area (Å²) in [6, 6.07) is 11.8. The number of unbranched alkanes of at least 4 members (excludes halogenated alkanes) is 1. The van der Waals surface area contributed by atoms with E-state index in [9.17, 15) is 4.79 Å². The van der Waals surface area contributed by atoms with Crippen LogP contribution in [0, 0.1) is 0 Å². The minimum atomic E-state index is 0.0576. The van der Waals surface area contributed by atoms with Gasteiger partial charge in [0.05, 0.1) is 0 Å². The van der Waals surface area contributed by atoms with Gasteiger partial charge >= 0.3 is 0 Å². The fourth-order valence-corrected chi connectivity index (χ4v) is 2.79. The summed E-state index contributed by atoms with van der Waals surface area (Å²) in [5, 5.41) is 0. The van der Waals surface area contributed by atoms with Crippen molar-refractivity contribution in [2.24, 2.45) is 0 Å². The van der Waals surface area contributed by atoms with Crippen molar-refractivity contribution >= 4 is 27.5 Å². The summed E-state index contributed by atoms with van der Waals surface area (Å²) in [4.78, 5) is 14.8. The van der Waals surface area contributed by atoms with Crippen LogP contribution in [-0.2, 0) is 6.54 Å². The molecule has 1 amide bonds. The van der Waals surface area contributed by atoms with Gasteiger partial charge < -0.3 is 9.47 Å². The first-order chi connectivity index (χ1) is 10.2. The molecule has 0 radical (unpaired) electrons. The highest BCUT2D eigenvalue weighted by Gasteiger charge is 2.20. The fourth-order valence-electron chi connectivity index (χ4n) is 2.33. The highest BCUT2D eigenvalue weighted by Crippen LogP contribution is 2.21. The number of carbonyl (C=O) groups is 1. The molecule has 0 unspecified atom stereocenters. The summed E-state index contributed by atoms with van der Waals surface area (Å²) >= 11 is 3.46. The quantitative estimate of drug-likeness (QED) is 0.741. The van der Waals surface area contributed by atoms with Gasteiger partial charge in [0.25, 0.3) is 5.91 Å². The molecule has 3 nitrogen and oxygen atoms in total. The Bertz CT molecular complexity index is 592. The van der Waals surface area contributed by atoms with Gasteiger partial charge in [0.2, 0.25) is 0 Å². The van der Waals surface area contributed by atoms with Crippen LogP contribution in [0.5, 0.6) is 0 Å². The largest absolute Gasteiger partial charge is 0.343 e. The van der Waals surface area contributed by atoms with Gasteiger partial charge in [0.15, 0.2) is 0 Å². The second-order valence-corrected chi connectivity index (χ2v) is 5.89. The van der Waals surface area contributed by atoms with Gasteiger partial charge in [-0.25, -0.2) is 0 Å². The zero-order valence-corrected chi connectivity index (χ0v) is 14.1. The predicted molar refractivity (Wildman–Crippen MR) is 90.8 cm³/mol. The van der Waals surface area contributed by atoms with Crippen LogP contribution in [0.2, 0.25) is 0 Å². The molecule has 2 rings (SSSR count). The molecule has 0 spiro atoms. The minimum absolute atomic E-state index is 0.0576. The van der Waals surface area contributed by atoms with Crippen LogP contribution in [0.25, 0.3) is 0 Å². The molecular formula is C17H21BrN2O. The molecule has 21 heavy (non-hydrogen) atoms. The van der Waals surface area contributed by atoms with E-state index >= 15 is 0 Å². The molecule has 0 aliphatic rings. The van der Waals surface area contributed by atoms with Gasteiger partial charge in [-0.1, -0.05) is 31.5 Å². The van der Waals surface area contributed by atoms with E-state index in [-0.39, 0.29) is 5.91 Å². The van der Waals surface area contributed by atoms with Crippen molar-refractivity contribution in [2.45, 2.75) is 33.2 Å². The first kappa shape index (κ1) is 15.8. The fraction of sp³-hybridized carbons (Fsp3) is 0.353. The number of benzene rings is 1. The van der Waals surface area contributed by atoms with E-state index in [2.05, 4.69) is 22.9 Å². The molecule has 2 aromatic rings. The first-order valence-corrected chi connectivity index (χ1v) is 8.19. The summed E-state index contributed by atoms with van der Waals surface area (Å²) in [6.07, 6.45) is 4.01. The standard InChI is InChI=1S/C17H21BrN2O/c1-3-5-11-20(15-9-7-6-8-10-15)17(21)16-12-14(18)13-19(16)4-2/h6-10,12-13H,3-5,11H2,1-2H3. The van der Waals surface area contributed by atoms with Gasteiger partial charge in [-0.05, 0) is 47.5 Å². The lowest BCUT2D eigenvalue weighted by Crippen LogP contribution is -2.33. The van der Waals surface area contributed by atoms with Crippen molar-refractivity contribution in [3.63, 3.8) is 0 Å². The maximum Gasteiger partial charge on any atom is 0.274 e. The van der Waals surface area contributed by atoms with Gasteiger partial charge in [0.1, 0.15) is 5.69 Å². The van der Waals surface area contributed by atoms with E-state index in [0.717, 1.165) is 41.8 Å². The molecule has 0 N–H and O–H groups in total. The second-order valence-electron chi connectivity index (χ2n) is 4.98. The van der Waals surface area contributed by atoms with Crippen molar-refractivity contribution in [3.8, 4) is 0 Å². The summed E-state index contributed by atoms with van der Waals surface area (Å²) < 4.78 is 2.92. The normalized spacial score (nSPS) is 10.6. The Morgan fingerprint density at radius 3 is 2.57 bits per heavy atom. The van der Waals surface area contributed by atoms with Crippen LogP contribution in [0.15, 0.2) is 47.1 Å². The zero-order valence-electron chi connectivity index (χ0n) is 12.6. The number of aryl methyl sites for hydroxylation is 1. The average molecular weight is 349 g/mol. The Balaban J connectivity index is 2.34. The van der Waals surface area contributed by atoms with E-state index in [4.69, 9.17) is 0 Å². The number of rotatable bonds is 6. The highest BCUT2D eigenvalue weighted by molar-refractivity contribution is 9.10. The molecule has 0 saturated carbocycles. The molecule has 1 aromatic heterocycles. The third-order valence-corrected chi connectivity index (χ3v) is 3.90. The Morgan fingerprint density at radius 1 is 1.24 bits per heavy atom. The lowest BCUT2D eigenvalue weighted by atomic mass is 10.2. The van der Waals surface area contributed by atoms with Crippen molar-refractivity contribution in [1.29, 1.82) is 0 Å². The van der Waals surface area contributed by atoms with E-state index in [1.165, 1.54) is 0 Å². The number of carbonyl (C=O) groups excluding carboxylic acids is 1. The van der Waals surface area contributed by atoms with Gasteiger partial charge in [-0.15, -0.1) is 0 Å². The molecule has 0 fully saturated rings. The lowest BCUT2D eigenvalue weighted by molar-refractivity contribution is 0.0978. The SMILES string of the molecule is CCCCN(C(=O)c1cc(Br)cn1CC)c1ccccc1. The lowest BCUT2D eigenvalue weighted by Gasteiger charge is -2.23. The molecule has 4 heteroatoms. The van der Waals surface area contributed by atoms with Crippen LogP contribution in [0.4, 0.5) is 5.69 Å². The minimum Gasteiger partial charge on any atom is -0.343 e. The summed E-state index contributed by atoms with van der Waals surface area (Å²) in [7, 11) is 0. The van der Waals surface area contributed by atoms with E-state index in [0.29, 0.717) is 0 Å². The monoisotopic (exact) mass is 348 g/mol. The Labute approximate surface area is 134 Å². The summed E-state index contributed by atoms with van der Waals surface area (Å²) in [5.41, 5.74) is 1.68. The maximum absolute atomic E-state index is 12.9. The zero-order chi connectivity index (χ0) is 15.2. The third-order valence-electron chi connectivity index (χ3n) is 3.47. The number of halogens is 1. The molecule has 0 aliphatic heterocycles. The topological polar surface area (TPSA) is 25.2 Å². The van der Waals surface area contributed by atoms with Crippen LogP contribution < -0.4 is 4.90 Å². The van der Waals surface area contributed by atoms with Crippen LogP contribution >= 0.6 is 15.9 Å². The Kier molecular flexibility index (Phi) is 5.62. The Morgan fingerprint density at radius 2 is 1.95 bits per heavy atom. The maximum atomic E-state index is 12.9. The first-order valence-electron chi connectivity index (χ1n) is 7.40. The summed E-state index contributed by atoms with van der Waals surface area (Å²) in [5.74, 6) is 0.0576. The summed E-state index contributed by atoms with van der Waals surface area (Å²) in [6.45, 7) is 5.70. The molecule has 112 valence electrons. The second kappa shape index (κ2) is 7.46. The number of hydrogen-bond donors (Lipinski definition) is 0. The van der Waals surface area contributed by atoms with Crippen LogP contribution in [0.3, 0.4) is 0 Å². The van der Waals surface area contributed by atoms with E-state index in [1.54, 1.807) is 0 Å². The molecule has 0 bridgehead atoms.